The highest BCUT2D eigenvalue weighted by molar-refractivity contribution is 5.89. The number of ether oxygens (including phenoxy) is 1. The fourth-order valence-electron chi connectivity index (χ4n) is 3.45. The van der Waals surface area contributed by atoms with Crippen LogP contribution in [-0.4, -0.2) is 46.0 Å². The van der Waals surface area contributed by atoms with E-state index in [0.29, 0.717) is 30.7 Å². The summed E-state index contributed by atoms with van der Waals surface area (Å²) in [7, 11) is 1.26. The summed E-state index contributed by atoms with van der Waals surface area (Å²) in [5.74, 6) is -3.58. The van der Waals surface area contributed by atoms with Crippen molar-refractivity contribution in [2.24, 2.45) is 5.73 Å². The first-order valence-electron chi connectivity index (χ1n) is 9.02. The second-order valence-electron chi connectivity index (χ2n) is 6.94. The van der Waals surface area contributed by atoms with Crippen LogP contribution in [0.15, 0.2) is 12.1 Å². The van der Waals surface area contributed by atoms with E-state index >= 15 is 0 Å². The number of carbonyl (C=O) groups is 2. The molecule has 2 heterocycles. The Kier molecular flexibility index (Phi) is 5.92. The number of benzene rings is 1. The molecule has 1 aliphatic rings. The first-order valence-corrected chi connectivity index (χ1v) is 9.02. The molecule has 2 aromatic rings. The molecule has 156 valence electrons. The number of esters is 1. The Hall–Kier alpha value is -2.88. The van der Waals surface area contributed by atoms with E-state index in [1.54, 1.807) is 6.92 Å². The molecule has 1 aliphatic heterocycles. The Balaban J connectivity index is 1.68. The Morgan fingerprint density at radius 3 is 2.59 bits per heavy atom. The van der Waals surface area contributed by atoms with Crippen molar-refractivity contribution in [2.75, 3.05) is 13.7 Å². The number of rotatable bonds is 5. The third kappa shape index (κ3) is 4.26. The molecule has 1 aromatic carbocycles. The van der Waals surface area contributed by atoms with Crippen molar-refractivity contribution in [2.45, 2.75) is 38.9 Å². The molecule has 7 nitrogen and oxygen atoms in total. The molecular weight excluding hydrogens is 389 g/mol. The van der Waals surface area contributed by atoms with Crippen LogP contribution in [0, 0.1) is 24.4 Å². The summed E-state index contributed by atoms with van der Waals surface area (Å²) >= 11 is 0. The lowest BCUT2D eigenvalue weighted by molar-refractivity contribution is -0.133. The molecule has 0 bridgehead atoms. The van der Waals surface area contributed by atoms with Gasteiger partial charge in [0.05, 0.1) is 19.3 Å². The predicted octanol–water partition coefficient (Wildman–Crippen LogP) is 1.70. The second-order valence-corrected chi connectivity index (χ2v) is 6.94. The third-order valence-corrected chi connectivity index (χ3v) is 4.94. The van der Waals surface area contributed by atoms with Crippen molar-refractivity contribution in [3.05, 3.63) is 52.4 Å². The monoisotopic (exact) mass is 410 g/mol. The Bertz CT molecular complexity index is 961. The number of halogens is 3. The van der Waals surface area contributed by atoms with Gasteiger partial charge >= 0.3 is 5.97 Å². The fraction of sp³-hybridized carbons (Fsp3) is 0.421. The number of carbonyl (C=O) groups excluding carboxylic acids is 2. The molecule has 0 saturated carbocycles. The smallest absolute Gasteiger partial charge is 0.358 e. The van der Waals surface area contributed by atoms with Gasteiger partial charge in [-0.1, -0.05) is 0 Å². The largest absolute Gasteiger partial charge is 0.464 e. The van der Waals surface area contributed by atoms with E-state index < -0.39 is 29.5 Å². The van der Waals surface area contributed by atoms with E-state index in [1.165, 1.54) is 12.0 Å². The molecular formula is C19H21F3N4O3. The van der Waals surface area contributed by atoms with Crippen molar-refractivity contribution in [1.82, 2.24) is 14.5 Å². The van der Waals surface area contributed by atoms with E-state index in [4.69, 9.17) is 10.5 Å². The summed E-state index contributed by atoms with van der Waals surface area (Å²) in [5.41, 5.74) is 6.59. The zero-order valence-electron chi connectivity index (χ0n) is 16.0. The van der Waals surface area contributed by atoms with Gasteiger partial charge in [-0.3, -0.25) is 4.79 Å². The number of methoxy groups -OCH3 is 1. The number of hydrogen-bond donors (Lipinski definition) is 1. The fourth-order valence-corrected chi connectivity index (χ4v) is 3.45. The maximum absolute atomic E-state index is 13.8. The molecule has 2 N–H and O–H groups in total. The van der Waals surface area contributed by atoms with Crippen molar-refractivity contribution in [3.63, 3.8) is 0 Å². The lowest BCUT2D eigenvalue weighted by Gasteiger charge is -2.30. The van der Waals surface area contributed by atoms with Gasteiger partial charge in [-0.05, 0) is 25.0 Å². The van der Waals surface area contributed by atoms with Crippen LogP contribution in [0.25, 0.3) is 0 Å². The van der Waals surface area contributed by atoms with Crippen LogP contribution in [0.5, 0.6) is 0 Å². The molecule has 1 aromatic heterocycles. The highest BCUT2D eigenvalue weighted by atomic mass is 19.2. The van der Waals surface area contributed by atoms with Gasteiger partial charge in [0.25, 0.3) is 0 Å². The lowest BCUT2D eigenvalue weighted by atomic mass is 10.0. The van der Waals surface area contributed by atoms with E-state index in [9.17, 15) is 22.8 Å². The minimum Gasteiger partial charge on any atom is -0.464 e. The van der Waals surface area contributed by atoms with Crippen LogP contribution in [0.3, 0.4) is 0 Å². The normalized spacial score (nSPS) is 14.5. The standard InChI is InChI=1S/C19H21F3N4O3/c1-10-24-18(19(28)29-2)16-9-25(3-4-26(10)16)17(27)7-12(23)5-11-6-14(21)15(22)8-13(11)20/h6,8,12H,3-5,7,9,23H2,1-2H3/t12-/m1/s1. The van der Waals surface area contributed by atoms with E-state index in [0.717, 1.165) is 6.07 Å². The average Bonchev–Trinajstić information content (AvgIpc) is 3.01. The first kappa shape index (κ1) is 20.8. The molecule has 0 unspecified atom stereocenters. The summed E-state index contributed by atoms with van der Waals surface area (Å²) in [5, 5.41) is 0. The van der Waals surface area contributed by atoms with Crippen LogP contribution in [0.1, 0.15) is 34.0 Å². The van der Waals surface area contributed by atoms with Crippen LogP contribution in [-0.2, 0) is 29.0 Å². The number of aryl methyl sites for hydroxylation is 1. The number of nitrogens with zero attached hydrogens (tertiary/aromatic N) is 3. The molecule has 29 heavy (non-hydrogen) atoms. The highest BCUT2D eigenvalue weighted by Crippen LogP contribution is 2.21. The Morgan fingerprint density at radius 2 is 1.90 bits per heavy atom. The number of fused-ring (bicyclic) bond motifs is 1. The average molecular weight is 410 g/mol. The predicted molar refractivity (Wildman–Crippen MR) is 96.3 cm³/mol. The topological polar surface area (TPSA) is 90.5 Å². The van der Waals surface area contributed by atoms with Crippen molar-refractivity contribution < 1.29 is 27.5 Å². The van der Waals surface area contributed by atoms with Crippen LogP contribution in [0.4, 0.5) is 13.2 Å². The molecule has 0 spiro atoms. The summed E-state index contributed by atoms with van der Waals surface area (Å²) in [6, 6.07) is 0.428. The molecule has 1 atom stereocenters. The number of aromatic nitrogens is 2. The van der Waals surface area contributed by atoms with Gasteiger partial charge < -0.3 is 19.9 Å². The van der Waals surface area contributed by atoms with Gasteiger partial charge in [-0.25, -0.2) is 22.9 Å². The SMILES string of the molecule is COC(=O)c1nc(C)n2c1CN(C(=O)C[C@H](N)Cc1cc(F)c(F)cc1F)CC2. The molecule has 3 rings (SSSR count). The molecule has 0 saturated heterocycles. The number of nitrogens with two attached hydrogens (primary N) is 1. The molecule has 0 fully saturated rings. The zero-order chi connectivity index (χ0) is 21.3. The van der Waals surface area contributed by atoms with Crippen LogP contribution in [0.2, 0.25) is 0 Å². The Labute approximate surface area is 165 Å². The second kappa shape index (κ2) is 8.24. The minimum absolute atomic E-state index is 0.0930. The van der Waals surface area contributed by atoms with E-state index in [-0.39, 0.29) is 36.6 Å². The number of amides is 1. The van der Waals surface area contributed by atoms with Gasteiger partial charge in [-0.15, -0.1) is 0 Å². The maximum Gasteiger partial charge on any atom is 0.358 e. The van der Waals surface area contributed by atoms with Gasteiger partial charge in [0, 0.05) is 31.6 Å². The third-order valence-electron chi connectivity index (χ3n) is 4.94. The van der Waals surface area contributed by atoms with Gasteiger partial charge in [0.2, 0.25) is 5.91 Å². The zero-order valence-corrected chi connectivity index (χ0v) is 16.0. The summed E-state index contributed by atoms with van der Waals surface area (Å²) < 4.78 is 46.8. The van der Waals surface area contributed by atoms with Crippen molar-refractivity contribution in [1.29, 1.82) is 0 Å². The minimum atomic E-state index is -1.28. The molecule has 1 amide bonds. The van der Waals surface area contributed by atoms with Crippen molar-refractivity contribution in [3.8, 4) is 0 Å². The van der Waals surface area contributed by atoms with E-state index in [2.05, 4.69) is 4.98 Å². The highest BCUT2D eigenvalue weighted by Gasteiger charge is 2.29. The lowest BCUT2D eigenvalue weighted by Crippen LogP contribution is -2.41. The van der Waals surface area contributed by atoms with Crippen LogP contribution >= 0.6 is 0 Å². The molecule has 0 aliphatic carbocycles. The van der Waals surface area contributed by atoms with Gasteiger partial charge in [-0.2, -0.15) is 0 Å². The summed E-state index contributed by atoms with van der Waals surface area (Å²) in [6.07, 6.45) is -0.230. The summed E-state index contributed by atoms with van der Waals surface area (Å²) in [4.78, 5) is 30.3. The van der Waals surface area contributed by atoms with E-state index in [1.807, 2.05) is 4.57 Å². The first-order chi connectivity index (χ1) is 13.7. The Morgan fingerprint density at radius 1 is 1.21 bits per heavy atom. The van der Waals surface area contributed by atoms with Gasteiger partial charge in [0.1, 0.15) is 11.6 Å². The number of imidazole rings is 1. The maximum atomic E-state index is 13.8. The quantitative estimate of drug-likeness (QED) is 0.599. The summed E-state index contributed by atoms with van der Waals surface area (Å²) in [6.45, 7) is 2.79. The molecule has 0 radical (unpaired) electrons. The van der Waals surface area contributed by atoms with Crippen LogP contribution < -0.4 is 5.73 Å². The van der Waals surface area contributed by atoms with Gasteiger partial charge in [0.15, 0.2) is 17.3 Å². The number of hydrogen-bond acceptors (Lipinski definition) is 5. The molecule has 10 heteroatoms. The van der Waals surface area contributed by atoms with Crippen molar-refractivity contribution >= 4 is 11.9 Å².